The number of rotatable bonds is 6. The highest BCUT2D eigenvalue weighted by molar-refractivity contribution is 5.93. The third kappa shape index (κ3) is 4.15. The lowest BCUT2D eigenvalue weighted by atomic mass is 10.2. The van der Waals surface area contributed by atoms with E-state index in [0.717, 1.165) is 6.42 Å². The molecule has 6 heteroatoms. The van der Waals surface area contributed by atoms with Gasteiger partial charge in [-0.25, -0.2) is 0 Å². The lowest BCUT2D eigenvalue weighted by Crippen LogP contribution is -2.38. The molecule has 2 heterocycles. The molecule has 0 radical (unpaired) electrons. The fraction of sp³-hybridized carbons (Fsp3) is 0.368. The van der Waals surface area contributed by atoms with Crippen molar-refractivity contribution in [3.8, 4) is 11.5 Å². The molecule has 1 saturated heterocycles. The molecule has 0 spiro atoms. The van der Waals surface area contributed by atoms with Gasteiger partial charge in [-0.3, -0.25) is 9.78 Å². The number of benzene rings is 1. The summed E-state index contributed by atoms with van der Waals surface area (Å²) in [4.78, 5) is 18.9. The molecule has 0 bridgehead atoms. The van der Waals surface area contributed by atoms with Crippen molar-refractivity contribution < 1.29 is 19.0 Å². The van der Waals surface area contributed by atoms with Gasteiger partial charge >= 0.3 is 0 Å². The Morgan fingerprint density at radius 2 is 2.00 bits per heavy atom. The molecule has 1 aromatic heterocycles. The average molecular weight is 342 g/mol. The first-order valence-electron chi connectivity index (χ1n) is 8.23. The van der Waals surface area contributed by atoms with Gasteiger partial charge in [0.2, 0.25) is 0 Å². The zero-order valence-electron chi connectivity index (χ0n) is 14.4. The van der Waals surface area contributed by atoms with Crippen LogP contribution in [0.4, 0.5) is 0 Å². The van der Waals surface area contributed by atoms with Crippen LogP contribution in [0, 0.1) is 0 Å². The highest BCUT2D eigenvalue weighted by Gasteiger charge is 2.36. The molecule has 1 aliphatic rings. The van der Waals surface area contributed by atoms with E-state index in [1.54, 1.807) is 37.4 Å². The Hall–Kier alpha value is -2.44. The van der Waals surface area contributed by atoms with Gasteiger partial charge in [-0.1, -0.05) is 18.2 Å². The number of hydrogen-bond acceptors (Lipinski definition) is 5. The first-order chi connectivity index (χ1) is 12.2. The van der Waals surface area contributed by atoms with Crippen molar-refractivity contribution in [1.82, 2.24) is 9.88 Å². The van der Waals surface area contributed by atoms with Crippen molar-refractivity contribution >= 4 is 5.91 Å². The molecule has 0 aliphatic carbocycles. The average Bonchev–Trinajstić information content (AvgIpc) is 3.05. The lowest BCUT2D eigenvalue weighted by Gasteiger charge is -2.23. The minimum absolute atomic E-state index is 0.0112. The van der Waals surface area contributed by atoms with Crippen LogP contribution in [0.5, 0.6) is 11.5 Å². The summed E-state index contributed by atoms with van der Waals surface area (Å²) in [6, 6.07) is 12.8. The van der Waals surface area contributed by atoms with E-state index in [1.807, 2.05) is 30.3 Å². The maximum absolute atomic E-state index is 12.9. The largest absolute Gasteiger partial charge is 0.457 e. The highest BCUT2D eigenvalue weighted by atomic mass is 16.5. The molecule has 1 aliphatic heterocycles. The van der Waals surface area contributed by atoms with E-state index in [0.29, 0.717) is 30.3 Å². The van der Waals surface area contributed by atoms with Crippen LogP contribution in [0.15, 0.2) is 48.7 Å². The predicted octanol–water partition coefficient (Wildman–Crippen LogP) is 2.75. The molecule has 25 heavy (non-hydrogen) atoms. The van der Waals surface area contributed by atoms with Crippen molar-refractivity contribution in [2.45, 2.75) is 18.6 Å². The molecular weight excluding hydrogens is 320 g/mol. The molecule has 1 amide bonds. The molecule has 1 fully saturated rings. The number of carbonyl (C=O) groups excluding carboxylic acids is 1. The van der Waals surface area contributed by atoms with Gasteiger partial charge in [-0.05, 0) is 24.6 Å². The number of nitrogens with zero attached hydrogens (tertiary/aromatic N) is 2. The maximum Gasteiger partial charge on any atom is 0.273 e. The second-order valence-corrected chi connectivity index (χ2v) is 5.95. The molecular formula is C19H22N2O4. The summed E-state index contributed by atoms with van der Waals surface area (Å²) in [5.41, 5.74) is 0.353. The summed E-state index contributed by atoms with van der Waals surface area (Å²) in [7, 11) is 3.30. The topological polar surface area (TPSA) is 60.9 Å². The highest BCUT2D eigenvalue weighted by Crippen LogP contribution is 2.25. The van der Waals surface area contributed by atoms with E-state index in [-0.39, 0.29) is 18.1 Å². The zero-order chi connectivity index (χ0) is 17.6. The van der Waals surface area contributed by atoms with Crippen LogP contribution < -0.4 is 4.74 Å². The fourth-order valence-electron chi connectivity index (χ4n) is 3.01. The van der Waals surface area contributed by atoms with Crippen molar-refractivity contribution in [3.63, 3.8) is 0 Å². The van der Waals surface area contributed by atoms with E-state index in [4.69, 9.17) is 14.2 Å². The fourth-order valence-corrected chi connectivity index (χ4v) is 3.01. The summed E-state index contributed by atoms with van der Waals surface area (Å²) in [5.74, 6) is 1.15. The number of aromatic nitrogens is 1. The van der Waals surface area contributed by atoms with Gasteiger partial charge in [0.1, 0.15) is 17.2 Å². The Morgan fingerprint density at radius 1 is 1.20 bits per heavy atom. The third-order valence-corrected chi connectivity index (χ3v) is 4.26. The molecule has 2 aromatic rings. The van der Waals surface area contributed by atoms with Crippen molar-refractivity contribution in [1.29, 1.82) is 0 Å². The summed E-state index contributed by atoms with van der Waals surface area (Å²) in [6.07, 6.45) is 2.37. The van der Waals surface area contributed by atoms with E-state index in [9.17, 15) is 4.79 Å². The number of para-hydroxylation sites is 1. The van der Waals surface area contributed by atoms with Crippen molar-refractivity contribution in [3.05, 3.63) is 54.4 Å². The molecule has 132 valence electrons. The number of hydrogen-bond donors (Lipinski definition) is 0. The zero-order valence-corrected chi connectivity index (χ0v) is 14.4. The molecule has 0 saturated carbocycles. The van der Waals surface area contributed by atoms with Gasteiger partial charge in [-0.15, -0.1) is 0 Å². The molecule has 3 rings (SSSR count). The summed E-state index contributed by atoms with van der Waals surface area (Å²) in [5, 5.41) is 0. The molecule has 2 atom stereocenters. The van der Waals surface area contributed by atoms with Crippen LogP contribution in [0.3, 0.4) is 0 Å². The van der Waals surface area contributed by atoms with Crippen molar-refractivity contribution in [2.75, 3.05) is 27.4 Å². The standard InChI is InChI=1S/C19H22N2O4/c1-23-13-14-10-17(24-2)12-21(14)19(22)18-11-16(8-9-20-18)25-15-6-4-3-5-7-15/h3-9,11,14,17H,10,12-13H2,1-2H3/t14-,17+/m0/s1. The van der Waals surface area contributed by atoms with Gasteiger partial charge in [-0.2, -0.15) is 0 Å². The number of pyridine rings is 1. The van der Waals surface area contributed by atoms with Crippen LogP contribution in [0.2, 0.25) is 0 Å². The SMILES string of the molecule is COC[C@@H]1C[C@@H](OC)CN1C(=O)c1cc(Oc2ccccc2)ccn1. The number of ether oxygens (including phenoxy) is 3. The third-order valence-electron chi connectivity index (χ3n) is 4.26. The van der Waals surface area contributed by atoms with Crippen LogP contribution in [-0.4, -0.2) is 55.3 Å². The van der Waals surface area contributed by atoms with E-state index in [1.165, 1.54) is 0 Å². The molecule has 1 aromatic carbocycles. The van der Waals surface area contributed by atoms with E-state index >= 15 is 0 Å². The predicted molar refractivity (Wildman–Crippen MR) is 92.9 cm³/mol. The number of amides is 1. The second-order valence-electron chi connectivity index (χ2n) is 5.95. The van der Waals surface area contributed by atoms with Gasteiger partial charge < -0.3 is 19.1 Å². The second kappa shape index (κ2) is 8.09. The minimum Gasteiger partial charge on any atom is -0.457 e. The van der Waals surface area contributed by atoms with Crippen molar-refractivity contribution in [2.24, 2.45) is 0 Å². The van der Waals surface area contributed by atoms with Crippen LogP contribution in [0.1, 0.15) is 16.9 Å². The van der Waals surface area contributed by atoms with E-state index < -0.39 is 0 Å². The van der Waals surface area contributed by atoms with Gasteiger partial charge in [0.25, 0.3) is 5.91 Å². The summed E-state index contributed by atoms with van der Waals surface area (Å²) in [6.45, 7) is 1.01. The monoisotopic (exact) mass is 342 g/mol. The Bertz CT molecular complexity index is 708. The Kier molecular flexibility index (Phi) is 5.63. The number of likely N-dealkylation sites (tertiary alicyclic amines) is 1. The van der Waals surface area contributed by atoms with Gasteiger partial charge in [0, 0.05) is 33.0 Å². The maximum atomic E-state index is 12.9. The first-order valence-corrected chi connectivity index (χ1v) is 8.23. The first kappa shape index (κ1) is 17.4. The van der Waals surface area contributed by atoms with Gasteiger partial charge in [0.15, 0.2) is 0 Å². The summed E-state index contributed by atoms with van der Waals surface area (Å²) < 4.78 is 16.4. The molecule has 6 nitrogen and oxygen atoms in total. The van der Waals surface area contributed by atoms with E-state index in [2.05, 4.69) is 4.98 Å². The Labute approximate surface area is 147 Å². The van der Waals surface area contributed by atoms with Crippen LogP contribution >= 0.6 is 0 Å². The minimum atomic E-state index is -0.139. The normalized spacial score (nSPS) is 19.8. The van der Waals surface area contributed by atoms with Gasteiger partial charge in [0.05, 0.1) is 18.8 Å². The smallest absolute Gasteiger partial charge is 0.273 e. The van der Waals surface area contributed by atoms with Crippen LogP contribution in [0.25, 0.3) is 0 Å². The van der Waals surface area contributed by atoms with Crippen LogP contribution in [-0.2, 0) is 9.47 Å². The number of methoxy groups -OCH3 is 2. The lowest BCUT2D eigenvalue weighted by molar-refractivity contribution is 0.0606. The number of carbonyl (C=O) groups is 1. The Morgan fingerprint density at radius 3 is 2.72 bits per heavy atom. The quantitative estimate of drug-likeness (QED) is 0.808. The molecule has 0 unspecified atom stereocenters. The Balaban J connectivity index is 1.76. The summed E-state index contributed by atoms with van der Waals surface area (Å²) >= 11 is 0. The molecule has 0 N–H and O–H groups in total.